The monoisotopic (exact) mass is 217 g/mol. The van der Waals surface area contributed by atoms with Crippen LogP contribution in [0, 0.1) is 5.41 Å². The van der Waals surface area contributed by atoms with Crippen LogP contribution in [0.1, 0.15) is 56.5 Å². The van der Waals surface area contributed by atoms with Crippen molar-refractivity contribution in [3.63, 3.8) is 0 Å². The van der Waals surface area contributed by atoms with Gasteiger partial charge in [-0.3, -0.25) is 0 Å². The highest BCUT2D eigenvalue weighted by atomic mass is 15.0. The lowest BCUT2D eigenvalue weighted by atomic mass is 10.1. The second-order valence-corrected chi connectivity index (χ2v) is 5.81. The van der Waals surface area contributed by atoms with Gasteiger partial charge in [0.15, 0.2) is 0 Å². The Morgan fingerprint density at radius 3 is 2.50 bits per heavy atom. The van der Waals surface area contributed by atoms with Crippen LogP contribution in [-0.4, -0.2) is 17.0 Å². The van der Waals surface area contributed by atoms with E-state index in [0.29, 0.717) is 17.3 Å². The minimum atomic E-state index is 0.410. The maximum absolute atomic E-state index is 4.75. The third-order valence-corrected chi connectivity index (χ3v) is 3.84. The molecule has 0 amide bonds. The molecule has 1 unspecified atom stereocenters. The summed E-state index contributed by atoms with van der Waals surface area (Å²) in [6.07, 6.45) is 3.83. The highest BCUT2D eigenvalue weighted by Crippen LogP contribution is 2.58. The third-order valence-electron chi connectivity index (χ3n) is 3.84. The SMILES string of the molecule is CNc1cc(C2CC2)nc(C2CC2(C)C)n1. The molecular weight excluding hydrogens is 198 g/mol. The molecule has 3 nitrogen and oxygen atoms in total. The number of rotatable bonds is 3. The van der Waals surface area contributed by atoms with Crippen LogP contribution in [0.2, 0.25) is 0 Å². The summed E-state index contributed by atoms with van der Waals surface area (Å²) >= 11 is 0. The van der Waals surface area contributed by atoms with E-state index in [1.54, 1.807) is 0 Å². The van der Waals surface area contributed by atoms with Crippen molar-refractivity contribution in [1.82, 2.24) is 9.97 Å². The molecule has 3 rings (SSSR count). The van der Waals surface area contributed by atoms with Gasteiger partial charge in [-0.25, -0.2) is 9.97 Å². The molecule has 0 aliphatic heterocycles. The predicted octanol–water partition coefficient (Wildman–Crippen LogP) is 2.91. The molecular formula is C13H19N3. The van der Waals surface area contributed by atoms with Gasteiger partial charge in [-0.05, 0) is 24.7 Å². The second kappa shape index (κ2) is 3.19. The molecule has 86 valence electrons. The Kier molecular flexibility index (Phi) is 2.00. The number of anilines is 1. The summed E-state index contributed by atoms with van der Waals surface area (Å²) in [5.41, 5.74) is 1.66. The average Bonchev–Trinajstić information content (AvgIpc) is 3.13. The number of hydrogen-bond acceptors (Lipinski definition) is 3. The molecule has 1 atom stereocenters. The van der Waals surface area contributed by atoms with E-state index in [-0.39, 0.29) is 0 Å². The lowest BCUT2D eigenvalue weighted by molar-refractivity contribution is 0.607. The van der Waals surface area contributed by atoms with E-state index in [0.717, 1.165) is 11.6 Å². The summed E-state index contributed by atoms with van der Waals surface area (Å²) in [5, 5.41) is 3.15. The summed E-state index contributed by atoms with van der Waals surface area (Å²) in [5.74, 6) is 3.31. The van der Waals surface area contributed by atoms with Gasteiger partial charge in [-0.1, -0.05) is 13.8 Å². The van der Waals surface area contributed by atoms with Gasteiger partial charge in [0.2, 0.25) is 0 Å². The fourth-order valence-corrected chi connectivity index (χ4v) is 2.27. The van der Waals surface area contributed by atoms with Gasteiger partial charge in [0, 0.05) is 30.6 Å². The first kappa shape index (κ1) is 10.1. The van der Waals surface area contributed by atoms with E-state index in [1.807, 2.05) is 7.05 Å². The van der Waals surface area contributed by atoms with Crippen LogP contribution in [-0.2, 0) is 0 Å². The summed E-state index contributed by atoms with van der Waals surface area (Å²) in [7, 11) is 1.93. The van der Waals surface area contributed by atoms with Crippen molar-refractivity contribution >= 4 is 5.82 Å². The van der Waals surface area contributed by atoms with Crippen LogP contribution in [0.3, 0.4) is 0 Å². The molecule has 1 N–H and O–H groups in total. The van der Waals surface area contributed by atoms with Gasteiger partial charge in [-0.15, -0.1) is 0 Å². The quantitative estimate of drug-likeness (QED) is 0.846. The zero-order valence-electron chi connectivity index (χ0n) is 10.2. The second-order valence-electron chi connectivity index (χ2n) is 5.81. The smallest absolute Gasteiger partial charge is 0.134 e. The standard InChI is InChI=1S/C13H19N3/c1-13(2)7-9(13)12-15-10(8-4-5-8)6-11(14-3)16-12/h6,8-9H,4-5,7H2,1-3H3,(H,14,15,16). The lowest BCUT2D eigenvalue weighted by Crippen LogP contribution is -2.04. The minimum Gasteiger partial charge on any atom is -0.373 e. The Morgan fingerprint density at radius 2 is 2.00 bits per heavy atom. The summed E-state index contributed by atoms with van der Waals surface area (Å²) in [6, 6.07) is 2.11. The molecule has 0 bridgehead atoms. The van der Waals surface area contributed by atoms with Crippen molar-refractivity contribution in [1.29, 1.82) is 0 Å². The molecule has 0 aromatic carbocycles. The number of aromatic nitrogens is 2. The molecule has 2 aliphatic rings. The Balaban J connectivity index is 1.94. The topological polar surface area (TPSA) is 37.8 Å². The summed E-state index contributed by atoms with van der Waals surface area (Å²) in [6.45, 7) is 4.59. The fraction of sp³-hybridized carbons (Fsp3) is 0.692. The van der Waals surface area contributed by atoms with Crippen LogP contribution in [0.5, 0.6) is 0 Å². The molecule has 0 saturated heterocycles. The highest BCUT2D eigenvalue weighted by molar-refractivity contribution is 5.38. The third kappa shape index (κ3) is 1.68. The molecule has 0 radical (unpaired) electrons. The van der Waals surface area contributed by atoms with Crippen molar-refractivity contribution in [3.05, 3.63) is 17.6 Å². The van der Waals surface area contributed by atoms with Crippen molar-refractivity contribution in [3.8, 4) is 0 Å². The molecule has 3 heteroatoms. The molecule has 1 aromatic rings. The van der Waals surface area contributed by atoms with Gasteiger partial charge in [0.05, 0.1) is 0 Å². The van der Waals surface area contributed by atoms with Crippen LogP contribution < -0.4 is 5.32 Å². The van der Waals surface area contributed by atoms with E-state index < -0.39 is 0 Å². The Bertz CT molecular complexity index is 421. The molecule has 2 aliphatic carbocycles. The van der Waals surface area contributed by atoms with E-state index in [2.05, 4.69) is 30.2 Å². The summed E-state index contributed by atoms with van der Waals surface area (Å²) < 4.78 is 0. The Morgan fingerprint density at radius 1 is 1.31 bits per heavy atom. The molecule has 1 heterocycles. The number of nitrogens with one attached hydrogen (secondary N) is 1. The Hall–Kier alpha value is -1.12. The van der Waals surface area contributed by atoms with Crippen molar-refractivity contribution in [2.24, 2.45) is 5.41 Å². The van der Waals surface area contributed by atoms with Crippen LogP contribution in [0.4, 0.5) is 5.82 Å². The van der Waals surface area contributed by atoms with Crippen molar-refractivity contribution in [2.45, 2.75) is 44.9 Å². The molecule has 0 spiro atoms. The van der Waals surface area contributed by atoms with Crippen LogP contribution in [0.25, 0.3) is 0 Å². The molecule has 2 saturated carbocycles. The first-order valence-corrected chi connectivity index (χ1v) is 6.17. The maximum atomic E-state index is 4.75. The number of hydrogen-bond donors (Lipinski definition) is 1. The maximum Gasteiger partial charge on any atom is 0.134 e. The van der Waals surface area contributed by atoms with E-state index in [4.69, 9.17) is 4.98 Å². The van der Waals surface area contributed by atoms with Gasteiger partial charge < -0.3 is 5.32 Å². The Labute approximate surface area is 96.7 Å². The normalized spacial score (nSPS) is 26.6. The van der Waals surface area contributed by atoms with Gasteiger partial charge in [0.25, 0.3) is 0 Å². The van der Waals surface area contributed by atoms with E-state index in [1.165, 1.54) is 25.0 Å². The van der Waals surface area contributed by atoms with E-state index in [9.17, 15) is 0 Å². The largest absolute Gasteiger partial charge is 0.373 e. The average molecular weight is 217 g/mol. The number of nitrogens with zero attached hydrogens (tertiary/aromatic N) is 2. The lowest BCUT2D eigenvalue weighted by Gasteiger charge is -2.08. The first-order valence-electron chi connectivity index (χ1n) is 6.17. The fourth-order valence-electron chi connectivity index (χ4n) is 2.27. The molecule has 2 fully saturated rings. The van der Waals surface area contributed by atoms with E-state index >= 15 is 0 Å². The zero-order valence-corrected chi connectivity index (χ0v) is 10.2. The van der Waals surface area contributed by atoms with Gasteiger partial charge >= 0.3 is 0 Å². The first-order chi connectivity index (χ1) is 7.60. The highest BCUT2D eigenvalue weighted by Gasteiger charge is 2.49. The molecule has 16 heavy (non-hydrogen) atoms. The summed E-state index contributed by atoms with van der Waals surface area (Å²) in [4.78, 5) is 9.35. The van der Waals surface area contributed by atoms with Crippen LogP contribution >= 0.6 is 0 Å². The molecule has 1 aromatic heterocycles. The minimum absolute atomic E-state index is 0.410. The van der Waals surface area contributed by atoms with Crippen LogP contribution in [0.15, 0.2) is 6.07 Å². The van der Waals surface area contributed by atoms with Crippen molar-refractivity contribution < 1.29 is 0 Å². The van der Waals surface area contributed by atoms with Gasteiger partial charge in [0.1, 0.15) is 11.6 Å². The van der Waals surface area contributed by atoms with Gasteiger partial charge in [-0.2, -0.15) is 0 Å². The van der Waals surface area contributed by atoms with Crippen molar-refractivity contribution in [2.75, 3.05) is 12.4 Å². The zero-order chi connectivity index (χ0) is 11.3. The predicted molar refractivity (Wildman–Crippen MR) is 64.7 cm³/mol.